The Balaban J connectivity index is 1.17. The first-order valence-corrected chi connectivity index (χ1v) is 19.1. The molecule has 0 saturated heterocycles. The number of rotatable bonds is 4. The SMILES string of the molecule is CC1(C)CCC(C)(C)c2c(N(c3ccccc3)c3ccc4c(c3)C3(c5cccc(-c6ccccc6)c5-4)C4CC5CC6CC3C64C5)cccc21. The average Bonchev–Trinajstić information content (AvgIpc) is 3.75. The van der Waals surface area contributed by atoms with Crippen LogP contribution in [-0.2, 0) is 16.2 Å². The van der Waals surface area contributed by atoms with Crippen molar-refractivity contribution in [2.45, 2.75) is 82.5 Å². The Morgan fingerprint density at radius 3 is 2.08 bits per heavy atom. The first-order chi connectivity index (χ1) is 23.7. The summed E-state index contributed by atoms with van der Waals surface area (Å²) in [5.41, 5.74) is 17.0. The molecule has 1 nitrogen and oxygen atoms in total. The molecule has 49 heavy (non-hydrogen) atoms. The largest absolute Gasteiger partial charge is 0.310 e. The first kappa shape index (κ1) is 28.7. The fourth-order valence-corrected chi connectivity index (χ4v) is 13.3. The predicted octanol–water partition coefficient (Wildman–Crippen LogP) is 12.5. The van der Waals surface area contributed by atoms with Gasteiger partial charge in [-0.05, 0) is 153 Å². The molecule has 6 aliphatic rings. The summed E-state index contributed by atoms with van der Waals surface area (Å²) in [7, 11) is 0. The summed E-state index contributed by atoms with van der Waals surface area (Å²) in [5, 5.41) is 0. The Bertz CT molecular complexity index is 2170. The summed E-state index contributed by atoms with van der Waals surface area (Å²) in [6.07, 6.45) is 8.25. The zero-order valence-electron chi connectivity index (χ0n) is 29.5. The van der Waals surface area contributed by atoms with Gasteiger partial charge >= 0.3 is 0 Å². The van der Waals surface area contributed by atoms with Crippen LogP contribution in [0.4, 0.5) is 17.1 Å². The molecule has 0 amide bonds. The zero-order valence-corrected chi connectivity index (χ0v) is 29.5. The van der Waals surface area contributed by atoms with Crippen LogP contribution in [0.3, 0.4) is 0 Å². The maximum absolute atomic E-state index is 2.68. The molecule has 5 aromatic rings. The summed E-state index contributed by atoms with van der Waals surface area (Å²) in [6.45, 7) is 9.85. The van der Waals surface area contributed by atoms with Gasteiger partial charge in [0.05, 0.1) is 5.69 Å². The van der Waals surface area contributed by atoms with E-state index in [1.807, 2.05) is 0 Å². The van der Waals surface area contributed by atoms with E-state index in [0.29, 0.717) is 5.41 Å². The Kier molecular flexibility index (Phi) is 5.49. The first-order valence-electron chi connectivity index (χ1n) is 19.1. The Labute approximate surface area is 292 Å². The second-order valence-electron chi connectivity index (χ2n) is 18.0. The quantitative estimate of drug-likeness (QED) is 0.189. The number of hydrogen-bond donors (Lipinski definition) is 0. The third-order valence-electron chi connectivity index (χ3n) is 15.2. The monoisotopic (exact) mass is 637 g/mol. The van der Waals surface area contributed by atoms with Crippen LogP contribution in [0.25, 0.3) is 22.3 Å². The molecule has 4 saturated carbocycles. The van der Waals surface area contributed by atoms with Gasteiger partial charge in [-0.2, -0.15) is 0 Å². The van der Waals surface area contributed by atoms with Crippen LogP contribution in [-0.4, -0.2) is 0 Å². The maximum Gasteiger partial charge on any atom is 0.0502 e. The van der Waals surface area contributed by atoms with Crippen LogP contribution in [0.15, 0.2) is 115 Å². The highest BCUT2D eigenvalue weighted by Gasteiger charge is 2.84. The third kappa shape index (κ3) is 3.38. The molecule has 6 unspecified atom stereocenters. The topological polar surface area (TPSA) is 3.24 Å². The minimum atomic E-state index is 0.0949. The highest BCUT2D eigenvalue weighted by Crippen LogP contribution is 2.89. The number of anilines is 3. The molecule has 2 bridgehead atoms. The summed E-state index contributed by atoms with van der Waals surface area (Å²) >= 11 is 0. The van der Waals surface area contributed by atoms with Crippen molar-refractivity contribution in [2.24, 2.45) is 29.1 Å². The van der Waals surface area contributed by atoms with E-state index in [-0.39, 0.29) is 16.2 Å². The normalized spacial score (nSPS) is 31.3. The van der Waals surface area contributed by atoms with Gasteiger partial charge in [0.2, 0.25) is 0 Å². The van der Waals surface area contributed by atoms with Gasteiger partial charge in [0.1, 0.15) is 0 Å². The molecule has 5 aromatic carbocycles. The Hall–Kier alpha value is -4.10. The van der Waals surface area contributed by atoms with Crippen LogP contribution >= 0.6 is 0 Å². The molecule has 4 fully saturated rings. The molecule has 0 radical (unpaired) electrons. The molecule has 0 aliphatic heterocycles. The summed E-state index contributed by atoms with van der Waals surface area (Å²) in [6, 6.07) is 44.5. The molecule has 0 heterocycles. The van der Waals surface area contributed by atoms with Crippen molar-refractivity contribution in [3.63, 3.8) is 0 Å². The lowest BCUT2D eigenvalue weighted by Gasteiger charge is -2.76. The van der Waals surface area contributed by atoms with Crippen LogP contribution in [0, 0.1) is 29.1 Å². The zero-order chi connectivity index (χ0) is 32.9. The Morgan fingerprint density at radius 2 is 1.29 bits per heavy atom. The number of hydrogen-bond acceptors (Lipinski definition) is 1. The second kappa shape index (κ2) is 9.36. The van der Waals surface area contributed by atoms with Gasteiger partial charge in [-0.15, -0.1) is 0 Å². The smallest absolute Gasteiger partial charge is 0.0502 e. The van der Waals surface area contributed by atoms with Gasteiger partial charge in [0, 0.05) is 16.8 Å². The van der Waals surface area contributed by atoms with E-state index in [1.54, 1.807) is 11.1 Å². The van der Waals surface area contributed by atoms with Crippen molar-refractivity contribution >= 4 is 17.1 Å². The van der Waals surface area contributed by atoms with Crippen LogP contribution in [0.2, 0.25) is 0 Å². The van der Waals surface area contributed by atoms with Gasteiger partial charge in [0.15, 0.2) is 0 Å². The van der Waals surface area contributed by atoms with Crippen molar-refractivity contribution in [3.8, 4) is 22.3 Å². The molecular formula is C48H47N. The molecule has 2 spiro atoms. The molecule has 0 N–H and O–H groups in total. The Morgan fingerprint density at radius 1 is 0.571 bits per heavy atom. The molecule has 244 valence electrons. The molecule has 0 aromatic heterocycles. The van der Waals surface area contributed by atoms with E-state index >= 15 is 0 Å². The number of fused-ring (bicyclic) bond motifs is 9. The van der Waals surface area contributed by atoms with Crippen molar-refractivity contribution in [1.29, 1.82) is 0 Å². The van der Waals surface area contributed by atoms with Gasteiger partial charge in [-0.25, -0.2) is 0 Å². The van der Waals surface area contributed by atoms with Crippen molar-refractivity contribution in [2.75, 3.05) is 4.90 Å². The molecule has 11 rings (SSSR count). The predicted molar refractivity (Wildman–Crippen MR) is 203 cm³/mol. The standard InChI is InChI=1S/C48H47N/c1-45(2)23-24-46(3,4)44-38(45)19-12-20-40(44)49(33-15-9-6-10-16-33)34-21-22-36-39(28-34)48(41-26-30-25-32-27-42(48)47(32,41)29-30)37-18-11-17-35(43(36)37)31-13-7-5-8-14-31/h5-22,28,30,32,41-42H,23-27,29H2,1-4H3. The van der Waals surface area contributed by atoms with Gasteiger partial charge in [-0.3, -0.25) is 0 Å². The summed E-state index contributed by atoms with van der Waals surface area (Å²) in [4.78, 5) is 2.62. The highest BCUT2D eigenvalue weighted by atomic mass is 15.1. The highest BCUT2D eigenvalue weighted by molar-refractivity contribution is 5.95. The third-order valence-corrected chi connectivity index (χ3v) is 15.2. The maximum atomic E-state index is 2.68. The van der Waals surface area contributed by atoms with Crippen molar-refractivity contribution in [1.82, 2.24) is 0 Å². The van der Waals surface area contributed by atoms with E-state index in [1.165, 1.54) is 89.0 Å². The van der Waals surface area contributed by atoms with E-state index in [2.05, 4.69) is 148 Å². The minimum Gasteiger partial charge on any atom is -0.310 e. The lowest BCUT2D eigenvalue weighted by Crippen LogP contribution is -2.73. The van der Waals surface area contributed by atoms with Crippen LogP contribution < -0.4 is 4.90 Å². The van der Waals surface area contributed by atoms with E-state index in [4.69, 9.17) is 0 Å². The van der Waals surface area contributed by atoms with E-state index in [0.717, 1.165) is 23.7 Å². The lowest BCUT2D eigenvalue weighted by molar-refractivity contribution is -0.231. The summed E-state index contributed by atoms with van der Waals surface area (Å²) in [5.74, 6) is 3.47. The van der Waals surface area contributed by atoms with Gasteiger partial charge in [-0.1, -0.05) is 113 Å². The number of para-hydroxylation sites is 1. The fourth-order valence-electron chi connectivity index (χ4n) is 13.3. The lowest BCUT2D eigenvalue weighted by atomic mass is 9.27. The van der Waals surface area contributed by atoms with E-state index < -0.39 is 0 Å². The van der Waals surface area contributed by atoms with E-state index in [9.17, 15) is 0 Å². The fraction of sp³-hybridized carbons (Fsp3) is 0.375. The second-order valence-corrected chi connectivity index (χ2v) is 18.0. The number of benzene rings is 5. The van der Waals surface area contributed by atoms with Crippen LogP contribution in [0.1, 0.15) is 88.5 Å². The van der Waals surface area contributed by atoms with Crippen molar-refractivity contribution in [3.05, 3.63) is 138 Å². The molecule has 6 atom stereocenters. The van der Waals surface area contributed by atoms with Crippen molar-refractivity contribution < 1.29 is 0 Å². The average molecular weight is 638 g/mol. The van der Waals surface area contributed by atoms with Gasteiger partial charge < -0.3 is 4.90 Å². The van der Waals surface area contributed by atoms with Gasteiger partial charge in [0.25, 0.3) is 0 Å². The molecular weight excluding hydrogens is 591 g/mol. The molecule has 6 aliphatic carbocycles. The minimum absolute atomic E-state index is 0.0949. The number of nitrogens with zero attached hydrogens (tertiary/aromatic N) is 1. The van der Waals surface area contributed by atoms with Crippen LogP contribution in [0.5, 0.6) is 0 Å². The summed E-state index contributed by atoms with van der Waals surface area (Å²) < 4.78 is 0. The molecule has 1 heteroatoms.